The Hall–Kier alpha value is -1.71. The lowest BCUT2D eigenvalue weighted by Gasteiger charge is -2.14. The lowest BCUT2D eigenvalue weighted by Crippen LogP contribution is -2.41. The molecule has 2 rings (SSSR count). The van der Waals surface area contributed by atoms with Crippen molar-refractivity contribution in [2.45, 2.75) is 46.1 Å². The monoisotopic (exact) mass is 425 g/mol. The molecule has 3 N–H and O–H groups in total. The Morgan fingerprint density at radius 1 is 1.37 bits per heavy atom. The molecule has 1 aromatic heterocycles. The van der Waals surface area contributed by atoms with Crippen LogP contribution in [0.1, 0.15) is 38.3 Å². The Balaban J connectivity index is 2.10. The first-order chi connectivity index (χ1) is 12.5. The molecule has 0 unspecified atom stereocenters. The molecule has 1 atom stereocenters. The average molecular weight is 426 g/mol. The predicted octanol–water partition coefficient (Wildman–Crippen LogP) is 3.92. The lowest BCUT2D eigenvalue weighted by atomic mass is 9.98. The number of carbonyl (C=O) groups is 2. The fourth-order valence-corrected chi connectivity index (χ4v) is 4.34. The predicted molar refractivity (Wildman–Crippen MR) is 117 cm³/mol. The molecule has 2 aromatic rings. The highest BCUT2D eigenvalue weighted by Gasteiger charge is 2.21. The van der Waals surface area contributed by atoms with Crippen LogP contribution in [-0.4, -0.2) is 38.1 Å². The number of carbonyl (C=O) groups excluding carboxylic acids is 1. The van der Waals surface area contributed by atoms with Crippen LogP contribution in [0.5, 0.6) is 0 Å². The normalized spacial score (nSPS) is 12.6. The van der Waals surface area contributed by atoms with Gasteiger partial charge in [0.05, 0.1) is 15.2 Å². The van der Waals surface area contributed by atoms with Gasteiger partial charge in [-0.3, -0.25) is 4.79 Å². The molecular weight excluding hydrogens is 402 g/mol. The molecule has 6 nitrogen and oxygen atoms in total. The number of thioether (sulfide) groups is 1. The first kappa shape index (κ1) is 21.6. The number of carboxylic acids is 1. The number of fused-ring (bicyclic) bond motifs is 1. The van der Waals surface area contributed by atoms with Gasteiger partial charge in [0.15, 0.2) is 0 Å². The lowest BCUT2D eigenvalue weighted by molar-refractivity contribution is -0.140. The number of hydrogen-bond donors (Lipinski definition) is 3. The van der Waals surface area contributed by atoms with Gasteiger partial charge < -0.3 is 15.7 Å². The smallest absolute Gasteiger partial charge is 0.327 e. The zero-order valence-electron chi connectivity index (χ0n) is 15.9. The van der Waals surface area contributed by atoms with Crippen molar-refractivity contribution in [1.29, 1.82) is 0 Å². The standard InChI is InChI=1S/C18H23N3O3S3/c1-9-6-12-14(27-16(20-12)18(3,4)5)7-11(9)21-17(25)26-8-13(15(23)24)19-10(2)22/h6-7,13H,8H2,1-5H3,(H,19,22)(H,21,25)(H,23,24)/t13-/m0/s1. The number of nitrogens with one attached hydrogen (secondary N) is 2. The van der Waals surface area contributed by atoms with Crippen LogP contribution in [-0.2, 0) is 15.0 Å². The minimum atomic E-state index is -1.09. The number of anilines is 1. The molecule has 0 fully saturated rings. The first-order valence-electron chi connectivity index (χ1n) is 8.32. The van der Waals surface area contributed by atoms with Gasteiger partial charge >= 0.3 is 5.97 Å². The molecule has 0 spiro atoms. The van der Waals surface area contributed by atoms with Crippen LogP contribution in [0.3, 0.4) is 0 Å². The Labute approximate surface area is 172 Å². The summed E-state index contributed by atoms with van der Waals surface area (Å²) in [5, 5.41) is 15.8. The van der Waals surface area contributed by atoms with Gasteiger partial charge in [-0.05, 0) is 24.6 Å². The van der Waals surface area contributed by atoms with E-state index >= 15 is 0 Å². The topological polar surface area (TPSA) is 91.3 Å². The highest BCUT2D eigenvalue weighted by Crippen LogP contribution is 2.34. The molecule has 146 valence electrons. The van der Waals surface area contributed by atoms with E-state index in [0.29, 0.717) is 4.32 Å². The molecule has 0 saturated carbocycles. The molecule has 1 amide bonds. The van der Waals surface area contributed by atoms with Gasteiger partial charge in [0.2, 0.25) is 5.91 Å². The molecule has 0 aliphatic rings. The van der Waals surface area contributed by atoms with E-state index in [1.165, 1.54) is 18.7 Å². The van der Waals surface area contributed by atoms with Crippen LogP contribution >= 0.6 is 35.3 Å². The summed E-state index contributed by atoms with van der Waals surface area (Å²) in [7, 11) is 0. The number of rotatable bonds is 5. The largest absolute Gasteiger partial charge is 0.480 e. The second kappa shape index (κ2) is 8.53. The number of hydrogen-bond acceptors (Lipinski definition) is 6. The van der Waals surface area contributed by atoms with Crippen LogP contribution < -0.4 is 10.6 Å². The van der Waals surface area contributed by atoms with Gasteiger partial charge in [-0.1, -0.05) is 44.8 Å². The fraction of sp³-hybridized carbons (Fsp3) is 0.444. The molecule has 0 bridgehead atoms. The van der Waals surface area contributed by atoms with Crippen LogP contribution in [0.4, 0.5) is 5.69 Å². The van der Waals surface area contributed by atoms with Crippen LogP contribution in [0.2, 0.25) is 0 Å². The number of thiazole rings is 1. The van der Waals surface area contributed by atoms with E-state index in [2.05, 4.69) is 31.4 Å². The molecule has 1 aromatic carbocycles. The first-order valence-corrected chi connectivity index (χ1v) is 10.5. The molecule has 0 aliphatic heterocycles. The van der Waals surface area contributed by atoms with Crippen molar-refractivity contribution in [3.05, 3.63) is 22.7 Å². The molecule has 9 heteroatoms. The quantitative estimate of drug-likeness (QED) is 0.625. The van der Waals surface area contributed by atoms with E-state index in [-0.39, 0.29) is 17.1 Å². The summed E-state index contributed by atoms with van der Waals surface area (Å²) in [6, 6.07) is 3.06. The summed E-state index contributed by atoms with van der Waals surface area (Å²) in [6.07, 6.45) is 0. The van der Waals surface area contributed by atoms with Crippen molar-refractivity contribution < 1.29 is 14.7 Å². The molecule has 27 heavy (non-hydrogen) atoms. The summed E-state index contributed by atoms with van der Waals surface area (Å²) >= 11 is 8.18. The van der Waals surface area contributed by atoms with E-state index in [1.54, 1.807) is 11.3 Å². The van der Waals surface area contributed by atoms with Crippen molar-refractivity contribution in [3.8, 4) is 0 Å². The maximum absolute atomic E-state index is 11.2. The van der Waals surface area contributed by atoms with Gasteiger partial charge in [-0.25, -0.2) is 9.78 Å². The highest BCUT2D eigenvalue weighted by atomic mass is 32.2. The van der Waals surface area contributed by atoms with Crippen molar-refractivity contribution in [2.75, 3.05) is 11.1 Å². The van der Waals surface area contributed by atoms with Crippen LogP contribution in [0.15, 0.2) is 12.1 Å². The number of nitrogens with zero attached hydrogens (tertiary/aromatic N) is 1. The number of aromatic nitrogens is 1. The van der Waals surface area contributed by atoms with E-state index in [9.17, 15) is 9.59 Å². The van der Waals surface area contributed by atoms with E-state index in [1.807, 2.05) is 19.1 Å². The summed E-state index contributed by atoms with van der Waals surface area (Å²) in [5.41, 5.74) is 2.83. The van der Waals surface area contributed by atoms with Crippen LogP contribution in [0, 0.1) is 6.92 Å². The SMILES string of the molecule is CC(=O)N[C@@H](CSC(=S)Nc1cc2sc(C(C)(C)C)nc2cc1C)C(=O)O. The zero-order chi connectivity index (χ0) is 20.4. The van der Waals surface area contributed by atoms with Crippen molar-refractivity contribution >= 4 is 67.4 Å². The summed E-state index contributed by atoms with van der Waals surface area (Å²) < 4.78 is 1.53. The Morgan fingerprint density at radius 3 is 2.59 bits per heavy atom. The maximum Gasteiger partial charge on any atom is 0.327 e. The second-order valence-electron chi connectivity index (χ2n) is 7.22. The molecule has 0 aliphatic carbocycles. The van der Waals surface area contributed by atoms with Crippen molar-refractivity contribution in [2.24, 2.45) is 0 Å². The third-order valence-corrected chi connectivity index (χ3v) is 6.43. The van der Waals surface area contributed by atoms with Gasteiger partial charge in [-0.15, -0.1) is 11.3 Å². The molecule has 0 radical (unpaired) electrons. The van der Waals surface area contributed by atoms with Crippen molar-refractivity contribution in [1.82, 2.24) is 10.3 Å². The third-order valence-electron chi connectivity index (χ3n) is 3.67. The van der Waals surface area contributed by atoms with E-state index < -0.39 is 12.0 Å². The molecule has 1 heterocycles. The Kier molecular flexibility index (Phi) is 6.82. The Morgan fingerprint density at radius 2 is 2.04 bits per heavy atom. The maximum atomic E-state index is 11.2. The molecular formula is C18H23N3O3S3. The summed E-state index contributed by atoms with van der Waals surface area (Å²) in [4.78, 5) is 27.0. The number of amides is 1. The van der Waals surface area contributed by atoms with Gasteiger partial charge in [0.25, 0.3) is 0 Å². The minimum absolute atomic E-state index is 0.00804. The minimum Gasteiger partial charge on any atom is -0.480 e. The third kappa shape index (κ3) is 5.88. The van der Waals surface area contributed by atoms with E-state index in [0.717, 1.165) is 26.5 Å². The summed E-state index contributed by atoms with van der Waals surface area (Å²) in [5.74, 6) is -1.32. The van der Waals surface area contributed by atoms with Gasteiger partial charge in [-0.2, -0.15) is 0 Å². The zero-order valence-corrected chi connectivity index (χ0v) is 18.3. The number of aryl methyl sites for hydroxylation is 1. The average Bonchev–Trinajstić information content (AvgIpc) is 2.94. The van der Waals surface area contributed by atoms with Gasteiger partial charge in [0, 0.05) is 23.8 Å². The number of thiocarbonyl (C=S) groups is 1. The number of benzene rings is 1. The molecule has 0 saturated heterocycles. The fourth-order valence-electron chi connectivity index (χ4n) is 2.26. The summed E-state index contributed by atoms with van der Waals surface area (Å²) in [6.45, 7) is 9.67. The van der Waals surface area contributed by atoms with Crippen molar-refractivity contribution in [3.63, 3.8) is 0 Å². The van der Waals surface area contributed by atoms with Gasteiger partial charge in [0.1, 0.15) is 10.4 Å². The second-order valence-corrected chi connectivity index (χ2v) is 9.95. The van der Waals surface area contributed by atoms with Crippen LogP contribution in [0.25, 0.3) is 10.2 Å². The Bertz CT molecular complexity index is 887. The number of aliphatic carboxylic acids is 1. The highest BCUT2D eigenvalue weighted by molar-refractivity contribution is 8.23. The number of carboxylic acid groups (broad SMARTS) is 1. The van der Waals surface area contributed by atoms with E-state index in [4.69, 9.17) is 22.3 Å².